The zero-order valence-corrected chi connectivity index (χ0v) is 13.1. The molecule has 2 amide bonds. The lowest BCUT2D eigenvalue weighted by Crippen LogP contribution is -2.32. The van der Waals surface area contributed by atoms with Crippen molar-refractivity contribution in [3.63, 3.8) is 0 Å². The lowest BCUT2D eigenvalue weighted by Gasteiger charge is -2.14. The number of aliphatic hydroxyl groups excluding tert-OH is 1. The quantitative estimate of drug-likeness (QED) is 0.767. The van der Waals surface area contributed by atoms with Gasteiger partial charge in [0.2, 0.25) is 0 Å². The molecule has 0 heterocycles. The van der Waals surface area contributed by atoms with E-state index in [9.17, 15) is 18.7 Å². The van der Waals surface area contributed by atoms with Crippen LogP contribution in [0.3, 0.4) is 0 Å². The maximum atomic E-state index is 13.5. The molecule has 0 radical (unpaired) electrons. The van der Waals surface area contributed by atoms with Gasteiger partial charge in [-0.15, -0.1) is 0 Å². The van der Waals surface area contributed by atoms with Crippen molar-refractivity contribution in [3.8, 4) is 0 Å². The van der Waals surface area contributed by atoms with Gasteiger partial charge in [0.05, 0.1) is 21.8 Å². The van der Waals surface area contributed by atoms with Gasteiger partial charge in [0, 0.05) is 18.2 Å². The van der Waals surface area contributed by atoms with Crippen molar-refractivity contribution in [2.24, 2.45) is 0 Å². The Morgan fingerprint density at radius 2 is 1.96 bits per heavy atom. The van der Waals surface area contributed by atoms with Gasteiger partial charge in [-0.05, 0) is 18.2 Å². The highest BCUT2D eigenvalue weighted by Gasteiger charge is 2.15. The highest BCUT2D eigenvalue weighted by Crippen LogP contribution is 2.29. The molecule has 8 heteroatoms. The highest BCUT2D eigenvalue weighted by atomic mass is 35.5. The Morgan fingerprint density at radius 1 is 1.22 bits per heavy atom. The second-order valence-corrected chi connectivity index (χ2v) is 5.40. The molecule has 4 nitrogen and oxygen atoms in total. The zero-order chi connectivity index (χ0) is 17.0. The second-order valence-electron chi connectivity index (χ2n) is 4.62. The van der Waals surface area contributed by atoms with Crippen molar-refractivity contribution < 1.29 is 18.7 Å². The van der Waals surface area contributed by atoms with Crippen molar-refractivity contribution in [2.75, 3.05) is 11.9 Å². The van der Waals surface area contributed by atoms with Crippen LogP contribution in [0.5, 0.6) is 0 Å². The summed E-state index contributed by atoms with van der Waals surface area (Å²) in [5.74, 6) is -1.64. The van der Waals surface area contributed by atoms with Crippen LogP contribution in [0.4, 0.5) is 19.3 Å². The van der Waals surface area contributed by atoms with Gasteiger partial charge in [0.15, 0.2) is 0 Å². The number of nitrogens with one attached hydrogen (secondary N) is 2. The molecule has 0 aromatic heterocycles. The van der Waals surface area contributed by atoms with E-state index in [-0.39, 0.29) is 22.2 Å². The fraction of sp³-hybridized carbons (Fsp3) is 0.133. The summed E-state index contributed by atoms with van der Waals surface area (Å²) in [6, 6.07) is 6.85. The predicted octanol–water partition coefficient (Wildman–Crippen LogP) is 4.13. The van der Waals surface area contributed by atoms with Gasteiger partial charge in [-0.2, -0.15) is 0 Å². The number of amides is 2. The van der Waals surface area contributed by atoms with E-state index in [0.717, 1.165) is 12.1 Å². The lowest BCUT2D eigenvalue weighted by atomic mass is 10.1. The van der Waals surface area contributed by atoms with Crippen LogP contribution in [0, 0.1) is 11.6 Å². The third-order valence-corrected chi connectivity index (χ3v) is 3.80. The minimum Gasteiger partial charge on any atom is -0.386 e. The van der Waals surface area contributed by atoms with Crippen LogP contribution in [-0.4, -0.2) is 17.7 Å². The second kappa shape index (κ2) is 7.59. The van der Waals surface area contributed by atoms with E-state index in [1.165, 1.54) is 0 Å². The number of aliphatic hydroxyl groups is 1. The minimum atomic E-state index is -1.32. The summed E-state index contributed by atoms with van der Waals surface area (Å²) in [5.41, 5.74) is 0.173. The molecule has 0 saturated carbocycles. The fourth-order valence-electron chi connectivity index (χ4n) is 1.84. The van der Waals surface area contributed by atoms with E-state index in [1.807, 2.05) is 0 Å². The summed E-state index contributed by atoms with van der Waals surface area (Å²) < 4.78 is 26.3. The molecule has 1 unspecified atom stereocenters. The number of rotatable bonds is 4. The number of carbonyl (C=O) groups excluding carboxylic acids is 1. The van der Waals surface area contributed by atoms with Crippen LogP contribution in [0.25, 0.3) is 0 Å². The summed E-state index contributed by atoms with van der Waals surface area (Å²) in [7, 11) is 0. The minimum absolute atomic E-state index is 0.118. The Hall–Kier alpha value is -1.89. The first kappa shape index (κ1) is 17.5. The standard InChI is InChI=1S/C15H12Cl2F2N2O2/c16-10-2-1-3-12(14(10)17)21-15(23)20-7-13(22)9-5-4-8(18)6-11(9)19/h1-6,13,22H,7H2,(H2,20,21,23). The first-order valence-corrected chi connectivity index (χ1v) is 7.26. The van der Waals surface area contributed by atoms with Gasteiger partial charge in [0.25, 0.3) is 0 Å². The number of carbonyl (C=O) groups is 1. The van der Waals surface area contributed by atoms with E-state index in [1.54, 1.807) is 18.2 Å². The molecule has 1 atom stereocenters. The third kappa shape index (κ3) is 4.54. The molecule has 3 N–H and O–H groups in total. The van der Waals surface area contributed by atoms with Crippen molar-refractivity contribution >= 4 is 34.9 Å². The van der Waals surface area contributed by atoms with Crippen molar-refractivity contribution in [3.05, 3.63) is 63.6 Å². The van der Waals surface area contributed by atoms with Crippen molar-refractivity contribution in [1.82, 2.24) is 5.32 Å². The molecule has 0 aliphatic carbocycles. The Labute approximate surface area is 141 Å². The Balaban J connectivity index is 1.95. The molecule has 2 rings (SSSR count). The van der Waals surface area contributed by atoms with Gasteiger partial charge in [-0.3, -0.25) is 0 Å². The van der Waals surface area contributed by atoms with Gasteiger partial charge in [-0.25, -0.2) is 13.6 Å². The number of urea groups is 1. The van der Waals surface area contributed by atoms with Gasteiger partial charge in [0.1, 0.15) is 11.6 Å². The van der Waals surface area contributed by atoms with Gasteiger partial charge >= 0.3 is 6.03 Å². The Kier molecular flexibility index (Phi) is 5.76. The van der Waals surface area contributed by atoms with Crippen LogP contribution in [0.2, 0.25) is 10.0 Å². The normalized spacial score (nSPS) is 11.9. The van der Waals surface area contributed by atoms with Crippen LogP contribution in [0.1, 0.15) is 11.7 Å². The van der Waals surface area contributed by atoms with Crippen LogP contribution >= 0.6 is 23.2 Å². The molecular weight excluding hydrogens is 349 g/mol. The summed E-state index contributed by atoms with van der Waals surface area (Å²) in [6.07, 6.45) is -1.32. The molecule has 0 spiro atoms. The lowest BCUT2D eigenvalue weighted by molar-refractivity contribution is 0.170. The molecular formula is C15H12Cl2F2N2O2. The topological polar surface area (TPSA) is 61.4 Å². The summed E-state index contributed by atoms with van der Waals surface area (Å²) in [6.45, 7) is -0.271. The average Bonchev–Trinajstić information content (AvgIpc) is 2.49. The molecule has 0 aliphatic heterocycles. The van der Waals surface area contributed by atoms with Gasteiger partial charge < -0.3 is 15.7 Å². The average molecular weight is 361 g/mol. The summed E-state index contributed by atoms with van der Waals surface area (Å²) in [5, 5.41) is 15.1. The maximum Gasteiger partial charge on any atom is 0.319 e. The summed E-state index contributed by atoms with van der Waals surface area (Å²) >= 11 is 11.7. The van der Waals surface area contributed by atoms with E-state index >= 15 is 0 Å². The zero-order valence-electron chi connectivity index (χ0n) is 11.6. The van der Waals surface area contributed by atoms with Crippen molar-refractivity contribution in [2.45, 2.75) is 6.10 Å². The van der Waals surface area contributed by atoms with Crippen LogP contribution in [-0.2, 0) is 0 Å². The van der Waals surface area contributed by atoms with E-state index < -0.39 is 23.8 Å². The first-order chi connectivity index (χ1) is 10.9. The molecule has 122 valence electrons. The Bertz CT molecular complexity index is 729. The maximum absolute atomic E-state index is 13.5. The van der Waals surface area contributed by atoms with Crippen LogP contribution in [0.15, 0.2) is 36.4 Å². The highest BCUT2D eigenvalue weighted by molar-refractivity contribution is 6.43. The Morgan fingerprint density at radius 3 is 2.65 bits per heavy atom. The molecule has 0 bridgehead atoms. The smallest absolute Gasteiger partial charge is 0.319 e. The number of halogens is 4. The number of hydrogen-bond donors (Lipinski definition) is 3. The van der Waals surface area contributed by atoms with E-state index in [0.29, 0.717) is 11.8 Å². The van der Waals surface area contributed by atoms with E-state index in [4.69, 9.17) is 23.2 Å². The largest absolute Gasteiger partial charge is 0.386 e. The monoisotopic (exact) mass is 360 g/mol. The molecule has 0 fully saturated rings. The first-order valence-electron chi connectivity index (χ1n) is 6.50. The van der Waals surface area contributed by atoms with Crippen LogP contribution < -0.4 is 10.6 Å². The number of benzene rings is 2. The molecule has 23 heavy (non-hydrogen) atoms. The summed E-state index contributed by atoms with van der Waals surface area (Å²) in [4.78, 5) is 11.8. The SMILES string of the molecule is O=C(NCC(O)c1ccc(F)cc1F)Nc1cccc(Cl)c1Cl. The number of hydrogen-bond acceptors (Lipinski definition) is 2. The molecule has 0 aliphatic rings. The van der Waals surface area contributed by atoms with Crippen molar-refractivity contribution in [1.29, 1.82) is 0 Å². The third-order valence-electron chi connectivity index (χ3n) is 2.98. The molecule has 0 saturated heterocycles. The molecule has 2 aromatic carbocycles. The predicted molar refractivity (Wildman–Crippen MR) is 84.8 cm³/mol. The van der Waals surface area contributed by atoms with E-state index in [2.05, 4.69) is 10.6 Å². The van der Waals surface area contributed by atoms with Gasteiger partial charge in [-0.1, -0.05) is 35.3 Å². The molecule has 2 aromatic rings. The fourth-order valence-corrected chi connectivity index (χ4v) is 2.19. The number of anilines is 1.